The number of carbonyl (C=O) groups excluding carboxylic acids is 6. The summed E-state index contributed by atoms with van der Waals surface area (Å²) in [5, 5.41) is -0.181. The smallest absolute Gasteiger partial charge is 0.347 e. The third-order valence-corrected chi connectivity index (χ3v) is 11.5. The molecule has 2 atom stereocenters. The van der Waals surface area contributed by atoms with Gasteiger partial charge in [-0.3, -0.25) is 14.5 Å². The molecule has 0 N–H and O–H groups in total. The molecule has 3 aromatic rings. The number of methoxy groups -OCH3 is 1. The van der Waals surface area contributed by atoms with E-state index in [1.165, 1.54) is 50.4 Å². The maximum absolute atomic E-state index is 13.4. The Bertz CT molecular complexity index is 2400. The van der Waals surface area contributed by atoms with Crippen molar-refractivity contribution in [2.75, 3.05) is 27.0 Å². The molecule has 1 aliphatic heterocycles. The summed E-state index contributed by atoms with van der Waals surface area (Å²) in [5.41, 5.74) is 0.835. The molecule has 14 heteroatoms. The van der Waals surface area contributed by atoms with Gasteiger partial charge in [-0.2, -0.15) is 0 Å². The number of hydrogen-bond donors (Lipinski definition) is 0. The van der Waals surface area contributed by atoms with Crippen LogP contribution >= 0.6 is 23.4 Å². The maximum atomic E-state index is 13.4. The number of hydrogen-bond acceptors (Lipinski definition) is 13. The van der Waals surface area contributed by atoms with Crippen LogP contribution in [0.5, 0.6) is 11.5 Å². The number of esters is 5. The van der Waals surface area contributed by atoms with Gasteiger partial charge in [0.25, 0.3) is 0 Å². The quantitative estimate of drug-likeness (QED) is 0.0275. The number of allylic oxidation sites excluding steroid dienone is 11. The highest BCUT2D eigenvalue weighted by atomic mass is 35.5. The van der Waals surface area contributed by atoms with E-state index in [0.717, 1.165) is 43.9 Å². The third-order valence-electron chi connectivity index (χ3n) is 9.99. The minimum absolute atomic E-state index is 0.0236. The molecule has 1 unspecified atom stereocenters. The summed E-state index contributed by atoms with van der Waals surface area (Å²) in [5.74, 6) is -4.03. The van der Waals surface area contributed by atoms with Gasteiger partial charge in [0.2, 0.25) is 6.79 Å². The number of carbonyl (C=O) groups is 6. The number of halogens is 1. The van der Waals surface area contributed by atoms with Crippen molar-refractivity contribution < 1.29 is 52.5 Å². The van der Waals surface area contributed by atoms with Crippen molar-refractivity contribution in [3.8, 4) is 11.5 Å². The van der Waals surface area contributed by atoms with Crippen molar-refractivity contribution in [1.29, 1.82) is 0 Å². The van der Waals surface area contributed by atoms with Crippen molar-refractivity contribution in [3.63, 3.8) is 0 Å². The summed E-state index contributed by atoms with van der Waals surface area (Å²) in [7, 11) is 1.28. The number of rotatable bonds is 24. The summed E-state index contributed by atoms with van der Waals surface area (Å²) >= 11 is 7.52. The van der Waals surface area contributed by atoms with E-state index < -0.39 is 42.7 Å². The molecule has 1 heterocycles. The lowest BCUT2D eigenvalue weighted by atomic mass is 9.98. The van der Waals surface area contributed by atoms with Crippen LogP contribution < -0.4 is 9.47 Å². The first-order valence-corrected chi connectivity index (χ1v) is 23.6. The predicted molar refractivity (Wildman–Crippen MR) is 265 cm³/mol. The average molecular weight is 965 g/mol. The Morgan fingerprint density at radius 1 is 0.691 bits per heavy atom. The lowest BCUT2D eigenvalue weighted by Gasteiger charge is -2.37. The standard InChI is InChI=1S/C54H58ClNO11S/c1-4-5-6-7-8-9-10-11-12-13-14-15-16-17-18-19-20-21-34-49(58)66-46-32-26-24-30-44(46)53(61)67-47-33-27-23-29-43(47)52(60)65-39-64-50(59)37-41-38-56(36-35-48(41)68-40(2)57)51(54(62)63-3)42-28-22-25-31-45(42)55/h5-6,8-9,11-12,14-15,17-18,20-33,37,48,51H,4,7,10,13,16,19,34-36,38-39H2,1-3H3/b6-5-,9-8-,12-11-,15-14-,18-17-,21-20-,41-37-/t48?,51-/m0/s1. The molecule has 0 saturated carbocycles. The lowest BCUT2D eigenvalue weighted by molar-refractivity contribution is -0.147. The van der Waals surface area contributed by atoms with Gasteiger partial charge in [-0.05, 0) is 86.4 Å². The molecule has 0 amide bonds. The van der Waals surface area contributed by atoms with Crippen molar-refractivity contribution in [2.45, 2.75) is 76.5 Å². The lowest BCUT2D eigenvalue weighted by Crippen LogP contribution is -2.43. The SMILES string of the molecule is CC/C=C\C/C=C\C/C=C\C/C=C\C/C=C\C/C=C\CC(=O)Oc1ccccc1C(=O)Oc1ccccc1C(=O)OCOC(=O)/C=C1/CN([C@H](C(=O)OC)c2ccccc2Cl)CCC1SC(C)=O. The Hall–Kier alpha value is -6.54. The second kappa shape index (κ2) is 30.7. The van der Waals surface area contributed by atoms with E-state index in [-0.39, 0.29) is 46.0 Å². The number of likely N-dealkylation sites (tertiary alicyclic amines) is 1. The molecular formula is C54H58ClNO11S. The van der Waals surface area contributed by atoms with Gasteiger partial charge < -0.3 is 23.7 Å². The van der Waals surface area contributed by atoms with Crippen molar-refractivity contribution in [2.24, 2.45) is 0 Å². The third kappa shape index (κ3) is 19.0. The van der Waals surface area contributed by atoms with Gasteiger partial charge in [-0.1, -0.05) is 146 Å². The van der Waals surface area contributed by atoms with Crippen LogP contribution in [0.15, 0.2) is 157 Å². The van der Waals surface area contributed by atoms with E-state index in [4.69, 9.17) is 35.3 Å². The second-order valence-corrected chi connectivity index (χ2v) is 16.8. The van der Waals surface area contributed by atoms with Crippen LogP contribution in [0.2, 0.25) is 5.02 Å². The Morgan fingerprint density at radius 3 is 1.79 bits per heavy atom. The van der Waals surface area contributed by atoms with Gasteiger partial charge in [-0.25, -0.2) is 19.2 Å². The van der Waals surface area contributed by atoms with E-state index >= 15 is 0 Å². The molecular weight excluding hydrogens is 906 g/mol. The number of ether oxygens (including phenoxy) is 5. The highest BCUT2D eigenvalue weighted by Crippen LogP contribution is 2.36. The van der Waals surface area contributed by atoms with Gasteiger partial charge in [0.15, 0.2) is 5.12 Å². The van der Waals surface area contributed by atoms with E-state index in [1.807, 2.05) is 12.2 Å². The summed E-state index contributed by atoms with van der Waals surface area (Å²) in [6.07, 6.45) is 31.7. The number of thioether (sulfide) groups is 1. The molecule has 0 spiro atoms. The van der Waals surface area contributed by atoms with Crippen LogP contribution in [0.4, 0.5) is 0 Å². The summed E-state index contributed by atoms with van der Waals surface area (Å²) in [6, 6.07) is 17.9. The monoisotopic (exact) mass is 963 g/mol. The molecule has 1 aliphatic rings. The van der Waals surface area contributed by atoms with E-state index in [9.17, 15) is 28.8 Å². The van der Waals surface area contributed by atoms with Crippen LogP contribution in [0.25, 0.3) is 0 Å². The maximum Gasteiger partial charge on any atom is 0.347 e. The highest BCUT2D eigenvalue weighted by molar-refractivity contribution is 8.14. The molecule has 0 aromatic heterocycles. The Labute approximate surface area is 408 Å². The zero-order valence-corrected chi connectivity index (χ0v) is 40.2. The highest BCUT2D eigenvalue weighted by Gasteiger charge is 2.36. The van der Waals surface area contributed by atoms with Crippen LogP contribution in [-0.4, -0.2) is 72.1 Å². The minimum Gasteiger partial charge on any atom is -0.468 e. The fourth-order valence-electron chi connectivity index (χ4n) is 6.74. The van der Waals surface area contributed by atoms with Gasteiger partial charge in [0.05, 0.1) is 13.5 Å². The number of benzene rings is 3. The first-order chi connectivity index (χ1) is 33.0. The summed E-state index contributed by atoms with van der Waals surface area (Å²) < 4.78 is 26.7. The van der Waals surface area contributed by atoms with Crippen LogP contribution in [0.1, 0.15) is 97.5 Å². The van der Waals surface area contributed by atoms with E-state index in [2.05, 4.69) is 61.6 Å². The average Bonchev–Trinajstić information content (AvgIpc) is 3.32. The van der Waals surface area contributed by atoms with Crippen molar-refractivity contribution in [3.05, 3.63) is 179 Å². The van der Waals surface area contributed by atoms with Crippen LogP contribution in [-0.2, 0) is 33.4 Å². The molecule has 358 valence electrons. The molecule has 1 fully saturated rings. The van der Waals surface area contributed by atoms with Gasteiger partial charge in [0.1, 0.15) is 28.7 Å². The fourth-order valence-corrected chi connectivity index (χ4v) is 7.90. The van der Waals surface area contributed by atoms with Gasteiger partial charge in [0, 0.05) is 36.4 Å². The van der Waals surface area contributed by atoms with Crippen LogP contribution in [0, 0.1) is 0 Å². The summed E-state index contributed by atoms with van der Waals surface area (Å²) in [4.78, 5) is 79.3. The van der Waals surface area contributed by atoms with Crippen molar-refractivity contribution >= 4 is 58.3 Å². The molecule has 12 nitrogen and oxygen atoms in total. The molecule has 68 heavy (non-hydrogen) atoms. The largest absolute Gasteiger partial charge is 0.468 e. The van der Waals surface area contributed by atoms with E-state index in [1.54, 1.807) is 53.4 Å². The Morgan fingerprint density at radius 2 is 1.22 bits per heavy atom. The predicted octanol–water partition coefficient (Wildman–Crippen LogP) is 11.4. The molecule has 4 rings (SSSR count). The number of nitrogens with zero attached hydrogens (tertiary/aromatic N) is 1. The zero-order chi connectivity index (χ0) is 48.9. The fraction of sp³-hybridized carbons (Fsp3) is 0.296. The normalized spacial score (nSPS) is 15.5. The molecule has 0 bridgehead atoms. The molecule has 0 aliphatic carbocycles. The minimum atomic E-state index is -0.959. The molecule has 1 saturated heterocycles. The van der Waals surface area contributed by atoms with Crippen molar-refractivity contribution in [1.82, 2.24) is 4.90 Å². The number of para-hydroxylation sites is 2. The zero-order valence-electron chi connectivity index (χ0n) is 38.6. The van der Waals surface area contributed by atoms with Crippen LogP contribution in [0.3, 0.4) is 0 Å². The van der Waals surface area contributed by atoms with Gasteiger partial charge in [-0.15, -0.1) is 0 Å². The molecule has 0 radical (unpaired) electrons. The Kier molecular flexibility index (Phi) is 24.4. The topological polar surface area (TPSA) is 152 Å². The Balaban J connectivity index is 1.26. The second-order valence-electron chi connectivity index (χ2n) is 15.0. The molecule has 3 aromatic carbocycles. The first kappa shape index (κ1) is 54.1. The summed E-state index contributed by atoms with van der Waals surface area (Å²) in [6.45, 7) is 3.26. The first-order valence-electron chi connectivity index (χ1n) is 22.3. The van der Waals surface area contributed by atoms with E-state index in [0.29, 0.717) is 35.5 Å². The number of piperidine rings is 1. The van der Waals surface area contributed by atoms with Gasteiger partial charge >= 0.3 is 29.8 Å².